The van der Waals surface area contributed by atoms with Gasteiger partial charge in [0.1, 0.15) is 6.07 Å². The average Bonchev–Trinajstić information content (AvgIpc) is 2.83. The van der Waals surface area contributed by atoms with E-state index in [0.29, 0.717) is 6.04 Å². The number of hydrogen-bond donors (Lipinski definition) is 0. The first-order valence-electron chi connectivity index (χ1n) is 6.45. The predicted molar refractivity (Wildman–Crippen MR) is 77.2 cm³/mol. The molecule has 0 aliphatic carbocycles. The van der Waals surface area contributed by atoms with Gasteiger partial charge in [-0.15, -0.1) is 0 Å². The molecule has 1 aromatic carbocycles. The third-order valence-corrected chi connectivity index (χ3v) is 4.49. The lowest BCUT2D eigenvalue weighted by Gasteiger charge is -2.33. The van der Waals surface area contributed by atoms with Gasteiger partial charge in [-0.2, -0.15) is 5.26 Å². The van der Waals surface area contributed by atoms with E-state index >= 15 is 0 Å². The minimum absolute atomic E-state index is 0.258. The molecule has 100 valence electrons. The fourth-order valence-corrected chi connectivity index (χ4v) is 3.29. The zero-order valence-electron chi connectivity index (χ0n) is 10.8. The number of nitrogens with zero attached hydrogens (tertiary/aromatic N) is 3. The van der Waals surface area contributed by atoms with Crippen molar-refractivity contribution in [1.82, 2.24) is 4.90 Å². The molecule has 0 saturated carbocycles. The van der Waals surface area contributed by atoms with E-state index in [9.17, 15) is 5.26 Å². The second kappa shape index (κ2) is 5.12. The lowest BCUT2D eigenvalue weighted by molar-refractivity contribution is -0.0362. The fourth-order valence-electron chi connectivity index (χ4n) is 2.93. The molecule has 0 amide bonds. The van der Waals surface area contributed by atoms with E-state index in [1.165, 1.54) is 0 Å². The van der Waals surface area contributed by atoms with Crippen LogP contribution in [-0.2, 0) is 4.74 Å². The van der Waals surface area contributed by atoms with Crippen LogP contribution in [0.3, 0.4) is 0 Å². The molecular weight excluding hydrogens is 306 g/mol. The first kappa shape index (κ1) is 12.9. The fraction of sp³-hybridized carbons (Fsp3) is 0.500. The summed E-state index contributed by atoms with van der Waals surface area (Å²) in [7, 11) is 2.15. The van der Waals surface area contributed by atoms with Gasteiger partial charge in [-0.1, -0.05) is 15.9 Å². The first-order valence-corrected chi connectivity index (χ1v) is 7.25. The standard InChI is InChI=1S/C14H16BrN3O/c1-17-4-5-19-14-9-18(8-13(14)17)12-3-2-11(15)6-10(12)7-16/h2-3,6,13-14H,4-5,8-9H2,1H3/t13-,14+/m0/s1. The second-order valence-electron chi connectivity index (χ2n) is 5.14. The van der Waals surface area contributed by atoms with Crippen molar-refractivity contribution in [2.75, 3.05) is 38.2 Å². The number of anilines is 1. The minimum Gasteiger partial charge on any atom is -0.373 e. The van der Waals surface area contributed by atoms with E-state index in [4.69, 9.17) is 4.74 Å². The number of halogens is 1. The van der Waals surface area contributed by atoms with Gasteiger partial charge in [-0.05, 0) is 25.2 Å². The van der Waals surface area contributed by atoms with Crippen molar-refractivity contribution in [1.29, 1.82) is 5.26 Å². The lowest BCUT2D eigenvalue weighted by Crippen LogP contribution is -2.48. The van der Waals surface area contributed by atoms with E-state index in [1.807, 2.05) is 18.2 Å². The molecule has 19 heavy (non-hydrogen) atoms. The molecule has 0 unspecified atom stereocenters. The van der Waals surface area contributed by atoms with Gasteiger partial charge in [0.25, 0.3) is 0 Å². The normalized spacial score (nSPS) is 27.1. The number of likely N-dealkylation sites (N-methyl/N-ethyl adjacent to an activating group) is 1. The van der Waals surface area contributed by atoms with Crippen molar-refractivity contribution >= 4 is 21.6 Å². The van der Waals surface area contributed by atoms with Gasteiger partial charge >= 0.3 is 0 Å². The molecule has 2 heterocycles. The van der Waals surface area contributed by atoms with Crippen LogP contribution in [0.1, 0.15) is 5.56 Å². The summed E-state index contributed by atoms with van der Waals surface area (Å²) in [5, 5.41) is 9.27. The van der Waals surface area contributed by atoms with Gasteiger partial charge in [0.05, 0.1) is 30.0 Å². The molecule has 0 N–H and O–H groups in total. The van der Waals surface area contributed by atoms with Crippen LogP contribution in [0.2, 0.25) is 0 Å². The summed E-state index contributed by atoms with van der Waals surface area (Å²) in [5.74, 6) is 0. The Balaban J connectivity index is 1.87. The Morgan fingerprint density at radius 1 is 1.42 bits per heavy atom. The molecule has 3 rings (SSSR count). The summed E-state index contributed by atoms with van der Waals surface area (Å²) in [6, 6.07) is 8.59. The number of fused-ring (bicyclic) bond motifs is 1. The summed E-state index contributed by atoms with van der Waals surface area (Å²) in [6.07, 6.45) is 0.258. The van der Waals surface area contributed by atoms with E-state index in [1.54, 1.807) is 0 Å². The van der Waals surface area contributed by atoms with Crippen LogP contribution in [0.15, 0.2) is 22.7 Å². The van der Waals surface area contributed by atoms with E-state index in [2.05, 4.69) is 38.8 Å². The molecule has 2 fully saturated rings. The Kier molecular flexibility index (Phi) is 3.48. The Morgan fingerprint density at radius 3 is 3.00 bits per heavy atom. The zero-order chi connectivity index (χ0) is 13.4. The SMILES string of the molecule is CN1CCO[C@@H]2CN(c3ccc(Br)cc3C#N)C[C@@H]21. The lowest BCUT2D eigenvalue weighted by atomic mass is 10.1. The molecule has 2 aliphatic rings. The number of morpholine rings is 1. The summed E-state index contributed by atoms with van der Waals surface area (Å²) >= 11 is 3.41. The average molecular weight is 322 g/mol. The molecule has 0 spiro atoms. The van der Waals surface area contributed by atoms with Crippen LogP contribution >= 0.6 is 15.9 Å². The molecule has 0 bridgehead atoms. The molecule has 2 atom stereocenters. The molecule has 0 radical (unpaired) electrons. The monoisotopic (exact) mass is 321 g/mol. The highest BCUT2D eigenvalue weighted by atomic mass is 79.9. The van der Waals surface area contributed by atoms with Crippen LogP contribution in [0.5, 0.6) is 0 Å². The van der Waals surface area contributed by atoms with Crippen LogP contribution in [0.4, 0.5) is 5.69 Å². The Labute approximate surface area is 121 Å². The van der Waals surface area contributed by atoms with Crippen molar-refractivity contribution in [2.45, 2.75) is 12.1 Å². The summed E-state index contributed by atoms with van der Waals surface area (Å²) in [6.45, 7) is 3.58. The maximum absolute atomic E-state index is 9.27. The number of benzene rings is 1. The summed E-state index contributed by atoms with van der Waals surface area (Å²) < 4.78 is 6.79. The minimum atomic E-state index is 0.258. The quantitative estimate of drug-likeness (QED) is 0.791. The third-order valence-electron chi connectivity index (χ3n) is 4.00. The maximum atomic E-state index is 9.27. The second-order valence-corrected chi connectivity index (χ2v) is 6.05. The number of nitriles is 1. The van der Waals surface area contributed by atoms with Crippen molar-refractivity contribution in [3.63, 3.8) is 0 Å². The Morgan fingerprint density at radius 2 is 2.26 bits per heavy atom. The van der Waals surface area contributed by atoms with Crippen LogP contribution in [0, 0.1) is 11.3 Å². The van der Waals surface area contributed by atoms with Crippen LogP contribution in [0.25, 0.3) is 0 Å². The van der Waals surface area contributed by atoms with Crippen molar-refractivity contribution in [3.8, 4) is 6.07 Å². The summed E-state index contributed by atoms with van der Waals surface area (Å²) in [5.41, 5.74) is 1.73. The summed E-state index contributed by atoms with van der Waals surface area (Å²) in [4.78, 5) is 4.63. The van der Waals surface area contributed by atoms with Gasteiger partial charge in [-0.25, -0.2) is 0 Å². The highest BCUT2D eigenvalue weighted by Gasteiger charge is 2.39. The predicted octanol–water partition coefficient (Wildman–Crippen LogP) is 1.84. The maximum Gasteiger partial charge on any atom is 0.101 e. The highest BCUT2D eigenvalue weighted by molar-refractivity contribution is 9.10. The van der Waals surface area contributed by atoms with Crippen molar-refractivity contribution < 1.29 is 4.74 Å². The zero-order valence-corrected chi connectivity index (χ0v) is 12.4. The first-order chi connectivity index (χ1) is 9.19. The Hall–Kier alpha value is -1.09. The van der Waals surface area contributed by atoms with E-state index in [-0.39, 0.29) is 6.10 Å². The molecule has 4 nitrogen and oxygen atoms in total. The molecule has 2 saturated heterocycles. The number of hydrogen-bond acceptors (Lipinski definition) is 4. The smallest absolute Gasteiger partial charge is 0.101 e. The van der Waals surface area contributed by atoms with Crippen molar-refractivity contribution in [2.24, 2.45) is 0 Å². The number of rotatable bonds is 1. The molecule has 2 aliphatic heterocycles. The highest BCUT2D eigenvalue weighted by Crippen LogP contribution is 2.30. The third kappa shape index (κ3) is 2.36. The van der Waals surface area contributed by atoms with E-state index in [0.717, 1.165) is 42.0 Å². The van der Waals surface area contributed by atoms with Gasteiger partial charge in [-0.3, -0.25) is 4.90 Å². The topological polar surface area (TPSA) is 39.5 Å². The van der Waals surface area contributed by atoms with E-state index < -0.39 is 0 Å². The molecule has 5 heteroatoms. The molecule has 0 aromatic heterocycles. The van der Waals surface area contributed by atoms with Crippen LogP contribution < -0.4 is 4.90 Å². The van der Waals surface area contributed by atoms with Gasteiger partial charge in [0, 0.05) is 24.1 Å². The van der Waals surface area contributed by atoms with Gasteiger partial charge in [0.2, 0.25) is 0 Å². The number of ether oxygens (including phenoxy) is 1. The molecular formula is C14H16BrN3O. The van der Waals surface area contributed by atoms with Crippen LogP contribution in [-0.4, -0.2) is 50.3 Å². The largest absolute Gasteiger partial charge is 0.373 e. The van der Waals surface area contributed by atoms with Gasteiger partial charge in [0.15, 0.2) is 0 Å². The molecule has 1 aromatic rings. The van der Waals surface area contributed by atoms with Crippen molar-refractivity contribution in [3.05, 3.63) is 28.2 Å². The Bertz CT molecular complexity index is 528. The van der Waals surface area contributed by atoms with Gasteiger partial charge < -0.3 is 9.64 Å².